The molecule has 0 spiro atoms. The van der Waals surface area contributed by atoms with E-state index in [1.54, 1.807) is 49.8 Å². The summed E-state index contributed by atoms with van der Waals surface area (Å²) < 4.78 is 32.2. The molecule has 2 aromatic heterocycles. The number of piperidine rings is 2. The van der Waals surface area contributed by atoms with Gasteiger partial charge in [-0.1, -0.05) is 24.3 Å². The lowest BCUT2D eigenvalue weighted by Gasteiger charge is -2.39. The Kier molecular flexibility index (Phi) is 18.4. The van der Waals surface area contributed by atoms with E-state index in [9.17, 15) is 24.0 Å². The van der Waals surface area contributed by atoms with Gasteiger partial charge in [-0.25, -0.2) is 4.79 Å². The molecule has 1 N–H and O–H groups in total. The van der Waals surface area contributed by atoms with Crippen LogP contribution >= 0.6 is 0 Å². The number of fused-ring (bicyclic) bond motifs is 4. The van der Waals surface area contributed by atoms with Crippen molar-refractivity contribution in [1.29, 1.82) is 0 Å². The van der Waals surface area contributed by atoms with Crippen molar-refractivity contribution in [3.8, 4) is 23.0 Å². The van der Waals surface area contributed by atoms with Crippen molar-refractivity contribution in [2.45, 2.75) is 104 Å². The maximum atomic E-state index is 13.4. The van der Waals surface area contributed by atoms with Crippen LogP contribution in [-0.2, 0) is 30.9 Å². The predicted molar refractivity (Wildman–Crippen MR) is 314 cm³/mol. The highest BCUT2D eigenvalue weighted by molar-refractivity contribution is 5.99. The highest BCUT2D eigenvalue weighted by atomic mass is 16.6. The van der Waals surface area contributed by atoms with Crippen LogP contribution in [0.15, 0.2) is 94.5 Å². The van der Waals surface area contributed by atoms with Gasteiger partial charge in [-0.2, -0.15) is 0 Å². The minimum atomic E-state index is -0.607. The normalized spacial score (nSPS) is 15.9. The molecule has 2 fully saturated rings. The number of hydrogen-bond acceptors (Lipinski definition) is 13. The molecule has 0 atom stereocenters. The van der Waals surface area contributed by atoms with Crippen LogP contribution in [-0.4, -0.2) is 163 Å². The summed E-state index contributed by atoms with van der Waals surface area (Å²) in [5, 5.41) is 5.67. The molecule has 2 saturated heterocycles. The SMILES string of the molecule is Cc1cc(=O)n(CCN2CCC(N(Cc3ccc4c(c3)OCCO4)C(=O)OC(C)(C)C)CC2)c2cc(C(=O)N(C)C)ccc12.Cc1cc(=O)n(CCN2CCC(NCc3ccc4c(c3)OCCO4)CC2)c2cc(C(=O)N(C)C)ccc12. The number of aryl methyl sites for hydroxylation is 2. The highest BCUT2D eigenvalue weighted by Crippen LogP contribution is 2.33. The van der Waals surface area contributed by atoms with Gasteiger partial charge in [0.2, 0.25) is 0 Å². The Morgan fingerprint density at radius 2 is 1.01 bits per heavy atom. The van der Waals surface area contributed by atoms with E-state index in [0.717, 1.165) is 121 Å². The minimum absolute atomic E-state index is 0.0110. The Labute approximate surface area is 475 Å². The average Bonchev–Trinajstić information content (AvgIpc) is 3.45. The first-order chi connectivity index (χ1) is 38.8. The smallest absolute Gasteiger partial charge is 0.410 e. The van der Waals surface area contributed by atoms with E-state index in [4.69, 9.17) is 23.7 Å². The Hall–Kier alpha value is -7.41. The van der Waals surface area contributed by atoms with E-state index in [1.807, 2.05) is 105 Å². The molecule has 432 valence electrons. The van der Waals surface area contributed by atoms with E-state index < -0.39 is 5.60 Å². The van der Waals surface area contributed by atoms with Crippen molar-refractivity contribution in [1.82, 2.24) is 39.0 Å². The number of nitrogens with zero attached hydrogens (tertiary/aromatic N) is 7. The molecule has 0 unspecified atom stereocenters. The van der Waals surface area contributed by atoms with Gasteiger partial charge < -0.3 is 62.6 Å². The van der Waals surface area contributed by atoms with E-state index in [1.165, 1.54) is 10.5 Å². The van der Waals surface area contributed by atoms with Crippen LogP contribution in [0.5, 0.6) is 23.0 Å². The topological polar surface area (TPSA) is 170 Å². The molecule has 4 aliphatic rings. The van der Waals surface area contributed by atoms with E-state index in [2.05, 4.69) is 27.2 Å². The zero-order valence-electron chi connectivity index (χ0n) is 48.7. The number of carbonyl (C=O) groups excluding carboxylic acids is 3. The van der Waals surface area contributed by atoms with Gasteiger partial charge in [0.1, 0.15) is 32.0 Å². The van der Waals surface area contributed by atoms with Crippen molar-refractivity contribution >= 4 is 39.7 Å². The third-order valence-corrected chi connectivity index (χ3v) is 15.6. The van der Waals surface area contributed by atoms with Gasteiger partial charge in [0, 0.05) is 127 Å². The summed E-state index contributed by atoms with van der Waals surface area (Å²) in [5.74, 6) is 2.91. The Morgan fingerprint density at radius 3 is 1.48 bits per heavy atom. The highest BCUT2D eigenvalue weighted by Gasteiger charge is 2.32. The number of benzene rings is 4. The first kappa shape index (κ1) is 58.3. The molecule has 0 saturated carbocycles. The molecular formula is C63H80N8O10. The van der Waals surface area contributed by atoms with Gasteiger partial charge in [0.05, 0.1) is 11.0 Å². The number of rotatable bonds is 14. The molecule has 4 aliphatic heterocycles. The van der Waals surface area contributed by atoms with Crippen molar-refractivity contribution in [2.75, 3.05) is 93.9 Å². The second-order valence-electron chi connectivity index (χ2n) is 23.1. The van der Waals surface area contributed by atoms with Gasteiger partial charge in [-0.3, -0.25) is 19.2 Å². The van der Waals surface area contributed by atoms with Crippen LogP contribution in [0.3, 0.4) is 0 Å². The fraction of sp³-hybridized carbons (Fsp3) is 0.476. The number of amides is 3. The fourth-order valence-electron chi connectivity index (χ4n) is 11.1. The summed E-state index contributed by atoms with van der Waals surface area (Å²) >= 11 is 0. The summed E-state index contributed by atoms with van der Waals surface area (Å²) in [5.41, 5.74) is 6.04. The van der Waals surface area contributed by atoms with Crippen molar-refractivity contribution in [2.24, 2.45) is 0 Å². The van der Waals surface area contributed by atoms with Crippen molar-refractivity contribution in [3.63, 3.8) is 0 Å². The number of carbonyl (C=O) groups is 3. The Morgan fingerprint density at radius 1 is 0.568 bits per heavy atom. The van der Waals surface area contributed by atoms with E-state index in [-0.39, 0.29) is 35.1 Å². The van der Waals surface area contributed by atoms with Crippen LogP contribution in [0.2, 0.25) is 0 Å². The number of hydrogen-bond donors (Lipinski definition) is 1. The lowest BCUT2D eigenvalue weighted by atomic mass is 10.0. The second-order valence-corrected chi connectivity index (χ2v) is 23.1. The third kappa shape index (κ3) is 14.4. The average molecular weight is 1110 g/mol. The standard InChI is InChI=1S/C34H44N4O6.C29H36N4O4/c1-23-19-31(39)37(28-21-25(8-9-27(23)28)32(40)35(5)6)16-15-36-13-11-26(12-14-36)38(33(41)44-34(2,3)4)22-24-7-10-29-30(20-24)43-18-17-42-29;1-20-16-28(34)33(25-18-22(5-6-24(20)25)29(35)31(2)3)13-12-32-10-8-23(9-11-32)30-19-21-4-7-26-27(17-21)37-15-14-36-26/h7-10,19-21,26H,11-18,22H2,1-6H3;4-7,16-18,23,30H,8-15,19H2,1-3H3. The van der Waals surface area contributed by atoms with Crippen molar-refractivity contribution < 1.29 is 38.1 Å². The van der Waals surface area contributed by atoms with Crippen LogP contribution in [0.25, 0.3) is 21.8 Å². The summed E-state index contributed by atoms with van der Waals surface area (Å²) in [4.78, 5) is 74.3. The second kappa shape index (κ2) is 25.6. The zero-order valence-corrected chi connectivity index (χ0v) is 48.7. The van der Waals surface area contributed by atoms with Gasteiger partial charge in [0.25, 0.3) is 22.9 Å². The van der Waals surface area contributed by atoms with E-state index >= 15 is 0 Å². The first-order valence-corrected chi connectivity index (χ1v) is 28.4. The predicted octanol–water partition coefficient (Wildman–Crippen LogP) is 7.72. The van der Waals surface area contributed by atoms with Crippen LogP contribution in [0.1, 0.15) is 89.4 Å². The number of likely N-dealkylation sites (tertiary alicyclic amines) is 2. The summed E-state index contributed by atoms with van der Waals surface area (Å²) in [6.07, 6.45) is 3.38. The molecule has 18 heteroatoms. The lowest BCUT2D eigenvalue weighted by molar-refractivity contribution is 0.00560. The maximum Gasteiger partial charge on any atom is 0.410 e. The number of nitrogens with one attached hydrogen (secondary N) is 1. The fourth-order valence-corrected chi connectivity index (χ4v) is 11.1. The summed E-state index contributed by atoms with van der Waals surface area (Å²) in [7, 11) is 6.93. The molecule has 0 aliphatic carbocycles. The van der Waals surface area contributed by atoms with Gasteiger partial charge in [-0.05, 0) is 144 Å². The number of ether oxygens (including phenoxy) is 5. The molecule has 6 aromatic rings. The van der Waals surface area contributed by atoms with Crippen LogP contribution in [0, 0.1) is 13.8 Å². The Balaban J connectivity index is 0.000000198. The Bertz CT molecular complexity index is 3370. The monoisotopic (exact) mass is 1110 g/mol. The molecule has 0 radical (unpaired) electrons. The first-order valence-electron chi connectivity index (χ1n) is 28.4. The van der Waals surface area contributed by atoms with Crippen LogP contribution < -0.4 is 35.4 Å². The molecule has 10 rings (SSSR count). The van der Waals surface area contributed by atoms with Crippen LogP contribution in [0.4, 0.5) is 4.79 Å². The zero-order chi connectivity index (χ0) is 57.5. The lowest BCUT2D eigenvalue weighted by Crippen LogP contribution is -2.49. The molecular weight excluding hydrogens is 1030 g/mol. The molecule has 4 aromatic carbocycles. The largest absolute Gasteiger partial charge is 0.486 e. The molecule has 18 nitrogen and oxygen atoms in total. The molecule has 6 heterocycles. The number of pyridine rings is 2. The van der Waals surface area contributed by atoms with Gasteiger partial charge >= 0.3 is 6.09 Å². The minimum Gasteiger partial charge on any atom is -0.486 e. The molecule has 3 amide bonds. The van der Waals surface area contributed by atoms with Gasteiger partial charge in [0.15, 0.2) is 23.0 Å². The van der Waals surface area contributed by atoms with Crippen molar-refractivity contribution in [3.05, 3.63) is 139 Å². The summed E-state index contributed by atoms with van der Waals surface area (Å²) in [6, 6.07) is 27.0. The molecule has 0 bridgehead atoms. The third-order valence-electron chi connectivity index (χ3n) is 15.6. The number of aromatic nitrogens is 2. The quantitative estimate of drug-likeness (QED) is 0.113. The van der Waals surface area contributed by atoms with Gasteiger partial charge in [-0.15, -0.1) is 0 Å². The van der Waals surface area contributed by atoms with E-state index in [0.29, 0.717) is 75.5 Å². The maximum absolute atomic E-state index is 13.4. The summed E-state index contributed by atoms with van der Waals surface area (Å²) in [6.45, 7) is 19.1. The molecule has 81 heavy (non-hydrogen) atoms.